The second-order valence-electron chi connectivity index (χ2n) is 3.12. The molecule has 0 bridgehead atoms. The van der Waals surface area contributed by atoms with E-state index in [-0.39, 0.29) is 11.7 Å². The van der Waals surface area contributed by atoms with E-state index in [9.17, 15) is 4.39 Å². The van der Waals surface area contributed by atoms with Gasteiger partial charge in [0.05, 0.1) is 11.6 Å². The summed E-state index contributed by atoms with van der Waals surface area (Å²) < 4.78 is 12.9. The van der Waals surface area contributed by atoms with Gasteiger partial charge in [0.2, 0.25) is 0 Å². The van der Waals surface area contributed by atoms with Crippen molar-refractivity contribution >= 4 is 23.1 Å². The van der Waals surface area contributed by atoms with Crippen molar-refractivity contribution in [1.29, 1.82) is 0 Å². The summed E-state index contributed by atoms with van der Waals surface area (Å²) in [6.45, 7) is 3.58. The number of alkyl halides is 1. The monoisotopic (exact) mass is 214 g/mol. The summed E-state index contributed by atoms with van der Waals surface area (Å²) in [5.74, 6) is 0.254. The van der Waals surface area contributed by atoms with Crippen LogP contribution in [0.1, 0.15) is 11.1 Å². The Hall–Kier alpha value is -1.09. The largest absolute Gasteiger partial charge is 0.386 e. The molecule has 76 valence electrons. The first kappa shape index (κ1) is 11.0. The third-order valence-corrected chi connectivity index (χ3v) is 2.12. The lowest BCUT2D eigenvalue weighted by Crippen LogP contribution is -2.12. The molecule has 0 saturated carbocycles. The Morgan fingerprint density at radius 3 is 2.36 bits per heavy atom. The number of halogens is 2. The average Bonchev–Trinajstić information content (AvgIpc) is 2.10. The van der Waals surface area contributed by atoms with E-state index in [1.165, 1.54) is 12.1 Å². The van der Waals surface area contributed by atoms with E-state index in [0.29, 0.717) is 11.5 Å². The van der Waals surface area contributed by atoms with Gasteiger partial charge in [-0.25, -0.2) is 9.38 Å². The van der Waals surface area contributed by atoms with Gasteiger partial charge in [0.25, 0.3) is 0 Å². The molecular weight excluding hydrogens is 203 g/mol. The Morgan fingerprint density at radius 2 is 1.93 bits per heavy atom. The molecular formula is C10H12ClFN2. The number of nitrogens with two attached hydrogens (primary N) is 1. The predicted molar refractivity (Wildman–Crippen MR) is 57.9 cm³/mol. The molecule has 1 rings (SSSR count). The molecule has 0 heterocycles. The molecule has 0 saturated heterocycles. The molecule has 14 heavy (non-hydrogen) atoms. The highest BCUT2D eigenvalue weighted by Gasteiger charge is 2.04. The van der Waals surface area contributed by atoms with Crippen molar-refractivity contribution in [3.63, 3.8) is 0 Å². The van der Waals surface area contributed by atoms with Crippen LogP contribution in [-0.4, -0.2) is 11.7 Å². The van der Waals surface area contributed by atoms with E-state index >= 15 is 0 Å². The molecule has 0 amide bonds. The Labute approximate surface area is 87.6 Å². The first-order valence-electron chi connectivity index (χ1n) is 4.20. The summed E-state index contributed by atoms with van der Waals surface area (Å²) in [5.41, 5.74) is 7.72. The quantitative estimate of drug-likeness (QED) is 0.459. The van der Waals surface area contributed by atoms with Crippen molar-refractivity contribution in [1.82, 2.24) is 0 Å². The van der Waals surface area contributed by atoms with Crippen LogP contribution in [0.5, 0.6) is 0 Å². The maximum atomic E-state index is 12.9. The third-order valence-electron chi connectivity index (χ3n) is 1.85. The molecule has 0 aliphatic rings. The number of nitrogens with zero attached hydrogens (tertiary/aromatic N) is 1. The topological polar surface area (TPSA) is 38.4 Å². The minimum absolute atomic E-state index is 0.177. The highest BCUT2D eigenvalue weighted by molar-refractivity contribution is 6.28. The van der Waals surface area contributed by atoms with E-state index in [0.717, 1.165) is 11.1 Å². The van der Waals surface area contributed by atoms with Gasteiger partial charge in [0.15, 0.2) is 0 Å². The summed E-state index contributed by atoms with van der Waals surface area (Å²) in [5, 5.41) is 0. The van der Waals surface area contributed by atoms with Gasteiger partial charge in [-0.05, 0) is 37.1 Å². The summed E-state index contributed by atoms with van der Waals surface area (Å²) in [7, 11) is 0. The highest BCUT2D eigenvalue weighted by atomic mass is 35.5. The van der Waals surface area contributed by atoms with Crippen molar-refractivity contribution in [2.24, 2.45) is 10.7 Å². The van der Waals surface area contributed by atoms with Crippen molar-refractivity contribution in [2.45, 2.75) is 13.8 Å². The molecule has 0 aliphatic carbocycles. The van der Waals surface area contributed by atoms with Crippen LogP contribution in [0.25, 0.3) is 0 Å². The van der Waals surface area contributed by atoms with Crippen LogP contribution in [0.2, 0.25) is 0 Å². The van der Waals surface area contributed by atoms with Gasteiger partial charge in [-0.15, -0.1) is 11.6 Å². The number of aliphatic imine (C=N–C) groups is 1. The number of hydrogen-bond acceptors (Lipinski definition) is 1. The van der Waals surface area contributed by atoms with Gasteiger partial charge >= 0.3 is 0 Å². The standard InChI is InChI=1S/C10H12ClFN2/c1-6-3-8(12)4-7(2)10(6)14-9(13)5-11/h3-4H,5H2,1-2H3,(H2,13,14). The lowest BCUT2D eigenvalue weighted by molar-refractivity contribution is 0.625. The van der Waals surface area contributed by atoms with Gasteiger partial charge in [0.1, 0.15) is 11.7 Å². The highest BCUT2D eigenvalue weighted by Crippen LogP contribution is 2.24. The zero-order valence-corrected chi connectivity index (χ0v) is 8.90. The lowest BCUT2D eigenvalue weighted by Gasteiger charge is -2.05. The number of hydrogen-bond donors (Lipinski definition) is 1. The van der Waals surface area contributed by atoms with E-state index in [1.807, 2.05) is 0 Å². The fraction of sp³-hybridized carbons (Fsp3) is 0.300. The summed E-state index contributed by atoms with van der Waals surface area (Å²) >= 11 is 5.51. The molecule has 0 radical (unpaired) electrons. The number of aryl methyl sites for hydroxylation is 2. The second kappa shape index (κ2) is 4.42. The molecule has 1 aromatic rings. The van der Waals surface area contributed by atoms with Crippen LogP contribution in [-0.2, 0) is 0 Å². The van der Waals surface area contributed by atoms with Gasteiger partial charge in [-0.2, -0.15) is 0 Å². The number of rotatable bonds is 2. The smallest absolute Gasteiger partial charge is 0.123 e. The van der Waals surface area contributed by atoms with E-state index in [2.05, 4.69) is 4.99 Å². The molecule has 2 N–H and O–H groups in total. The Bertz CT molecular complexity index is 351. The van der Waals surface area contributed by atoms with Crippen LogP contribution in [0.15, 0.2) is 17.1 Å². The first-order valence-corrected chi connectivity index (χ1v) is 4.73. The average molecular weight is 215 g/mol. The van der Waals surface area contributed by atoms with Gasteiger partial charge in [-0.1, -0.05) is 0 Å². The maximum absolute atomic E-state index is 12.9. The minimum atomic E-state index is -0.261. The maximum Gasteiger partial charge on any atom is 0.123 e. The number of benzene rings is 1. The van der Waals surface area contributed by atoms with Crippen LogP contribution >= 0.6 is 11.6 Å². The summed E-state index contributed by atoms with van der Waals surface area (Å²) in [4.78, 5) is 4.11. The summed E-state index contributed by atoms with van der Waals surface area (Å²) in [6.07, 6.45) is 0. The van der Waals surface area contributed by atoms with Gasteiger partial charge < -0.3 is 5.73 Å². The molecule has 1 aromatic carbocycles. The first-order chi connectivity index (χ1) is 6.54. The molecule has 2 nitrogen and oxygen atoms in total. The zero-order chi connectivity index (χ0) is 10.7. The van der Waals surface area contributed by atoms with Crippen LogP contribution < -0.4 is 5.73 Å². The third kappa shape index (κ3) is 2.45. The van der Waals surface area contributed by atoms with Crippen molar-refractivity contribution in [3.05, 3.63) is 29.1 Å². The Kier molecular flexibility index (Phi) is 3.47. The van der Waals surface area contributed by atoms with Gasteiger partial charge in [-0.3, -0.25) is 0 Å². The van der Waals surface area contributed by atoms with Crippen LogP contribution in [0.4, 0.5) is 10.1 Å². The lowest BCUT2D eigenvalue weighted by atomic mass is 10.1. The molecule has 0 unspecified atom stereocenters. The van der Waals surface area contributed by atoms with E-state index in [1.54, 1.807) is 13.8 Å². The van der Waals surface area contributed by atoms with Crippen LogP contribution in [0, 0.1) is 19.7 Å². The fourth-order valence-corrected chi connectivity index (χ4v) is 1.31. The predicted octanol–water partition coefficient (Wildman–Crippen LogP) is 2.67. The normalized spacial score (nSPS) is 11.9. The molecule has 0 aromatic heterocycles. The second-order valence-corrected chi connectivity index (χ2v) is 3.39. The summed E-state index contributed by atoms with van der Waals surface area (Å²) in [6, 6.07) is 2.85. The zero-order valence-electron chi connectivity index (χ0n) is 8.14. The van der Waals surface area contributed by atoms with E-state index in [4.69, 9.17) is 17.3 Å². The Balaban J connectivity index is 3.21. The van der Waals surface area contributed by atoms with Gasteiger partial charge in [0, 0.05) is 0 Å². The van der Waals surface area contributed by atoms with E-state index < -0.39 is 0 Å². The molecule has 0 atom stereocenters. The SMILES string of the molecule is Cc1cc(F)cc(C)c1N=C(N)CCl. The molecule has 0 spiro atoms. The molecule has 0 aliphatic heterocycles. The molecule has 0 fully saturated rings. The fourth-order valence-electron chi connectivity index (χ4n) is 1.25. The van der Waals surface area contributed by atoms with Crippen molar-refractivity contribution in [2.75, 3.05) is 5.88 Å². The molecule has 4 heteroatoms. The van der Waals surface area contributed by atoms with Crippen molar-refractivity contribution < 1.29 is 4.39 Å². The Morgan fingerprint density at radius 1 is 1.43 bits per heavy atom. The van der Waals surface area contributed by atoms with Crippen molar-refractivity contribution in [3.8, 4) is 0 Å². The number of amidine groups is 1. The minimum Gasteiger partial charge on any atom is -0.386 e. The van der Waals surface area contributed by atoms with Crippen LogP contribution in [0.3, 0.4) is 0 Å².